The van der Waals surface area contributed by atoms with E-state index in [9.17, 15) is 14.7 Å². The Morgan fingerprint density at radius 3 is 2.46 bits per heavy atom. The number of pyridine rings is 1. The second-order valence-corrected chi connectivity index (χ2v) is 10.8. The Labute approximate surface area is 207 Å². The van der Waals surface area contributed by atoms with Gasteiger partial charge in [0.05, 0.1) is 21.8 Å². The van der Waals surface area contributed by atoms with Crippen LogP contribution in [0.25, 0.3) is 16.0 Å². The van der Waals surface area contributed by atoms with Crippen LogP contribution < -0.4 is 4.90 Å². The third-order valence-corrected chi connectivity index (χ3v) is 7.24. The number of hydrogen-bond donors (Lipinski definition) is 1. The van der Waals surface area contributed by atoms with Gasteiger partial charge in [-0.2, -0.15) is 0 Å². The van der Waals surface area contributed by atoms with Crippen molar-refractivity contribution in [2.24, 2.45) is 0 Å². The Morgan fingerprint density at radius 2 is 1.80 bits per heavy atom. The lowest BCUT2D eigenvalue weighted by Crippen LogP contribution is -2.29. The van der Waals surface area contributed by atoms with Gasteiger partial charge in [0.25, 0.3) is 5.78 Å². The monoisotopic (exact) mass is 483 g/mol. The molecule has 0 aliphatic carbocycles. The number of fused-ring (bicyclic) bond motifs is 1. The molecule has 176 valence electrons. The van der Waals surface area contributed by atoms with Crippen LogP contribution in [0.2, 0.25) is 0 Å². The van der Waals surface area contributed by atoms with Gasteiger partial charge in [-0.1, -0.05) is 74.1 Å². The maximum atomic E-state index is 13.4. The zero-order chi connectivity index (χ0) is 24.9. The molecule has 1 unspecified atom stereocenters. The number of amides is 1. The topological polar surface area (TPSA) is 83.4 Å². The van der Waals surface area contributed by atoms with E-state index in [1.165, 1.54) is 16.2 Å². The molecule has 3 heterocycles. The van der Waals surface area contributed by atoms with Crippen molar-refractivity contribution in [3.8, 4) is 0 Å². The molecule has 1 fully saturated rings. The fourth-order valence-corrected chi connectivity index (χ4v) is 5.26. The maximum absolute atomic E-state index is 13.4. The highest BCUT2D eigenvalue weighted by atomic mass is 32.1. The molecule has 1 saturated heterocycles. The molecule has 1 aliphatic rings. The number of carbonyl (C=O) groups excluding carboxylic acids is 2. The van der Waals surface area contributed by atoms with E-state index < -0.39 is 17.7 Å². The smallest absolute Gasteiger partial charge is 0.301 e. The van der Waals surface area contributed by atoms with Crippen molar-refractivity contribution in [1.29, 1.82) is 0 Å². The molecule has 1 atom stereocenters. The number of rotatable bonds is 3. The summed E-state index contributed by atoms with van der Waals surface area (Å²) in [4.78, 5) is 37.0. The summed E-state index contributed by atoms with van der Waals surface area (Å²) < 4.78 is 0.929. The summed E-state index contributed by atoms with van der Waals surface area (Å²) in [5.41, 5.74) is 4.02. The molecule has 35 heavy (non-hydrogen) atoms. The van der Waals surface area contributed by atoms with Gasteiger partial charge in [-0.05, 0) is 41.7 Å². The first-order chi connectivity index (χ1) is 16.6. The van der Waals surface area contributed by atoms with Crippen LogP contribution in [0.4, 0.5) is 5.13 Å². The Morgan fingerprint density at radius 1 is 1.06 bits per heavy atom. The molecule has 0 radical (unpaired) electrons. The SMILES string of the molecule is Cc1ccc(/C(O)=C2\C(=O)C(=O)N(c3nc4ccc(C(C)(C)C)cc4s3)C2c2cccnc2)cc1. The molecule has 2 aromatic heterocycles. The number of aliphatic hydroxyl groups excluding tert-OH is 1. The summed E-state index contributed by atoms with van der Waals surface area (Å²) in [6.45, 7) is 8.36. The van der Waals surface area contributed by atoms with Gasteiger partial charge in [-0.3, -0.25) is 19.5 Å². The molecule has 4 aromatic rings. The molecule has 1 N–H and O–H groups in total. The minimum atomic E-state index is -0.840. The number of benzene rings is 2. The van der Waals surface area contributed by atoms with Crippen LogP contribution in [0.1, 0.15) is 49.1 Å². The molecule has 6 nitrogen and oxygen atoms in total. The number of thiazole rings is 1. The Bertz CT molecular complexity index is 1480. The van der Waals surface area contributed by atoms with Crippen LogP contribution in [-0.4, -0.2) is 26.8 Å². The summed E-state index contributed by atoms with van der Waals surface area (Å²) >= 11 is 1.36. The van der Waals surface area contributed by atoms with Crippen molar-refractivity contribution in [3.63, 3.8) is 0 Å². The molecule has 2 aromatic carbocycles. The third-order valence-electron chi connectivity index (χ3n) is 6.22. The maximum Gasteiger partial charge on any atom is 0.301 e. The first-order valence-electron chi connectivity index (χ1n) is 11.3. The minimum absolute atomic E-state index is 0.0292. The molecule has 0 spiro atoms. The van der Waals surface area contributed by atoms with Crippen molar-refractivity contribution >= 4 is 44.1 Å². The highest BCUT2D eigenvalue weighted by Gasteiger charge is 2.48. The number of nitrogens with zero attached hydrogens (tertiary/aromatic N) is 3. The van der Waals surface area contributed by atoms with Gasteiger partial charge in [0.2, 0.25) is 0 Å². The van der Waals surface area contributed by atoms with Crippen LogP contribution in [0.5, 0.6) is 0 Å². The van der Waals surface area contributed by atoms with E-state index in [1.54, 1.807) is 36.7 Å². The number of aryl methyl sites for hydroxylation is 1. The van der Waals surface area contributed by atoms with E-state index in [4.69, 9.17) is 4.98 Å². The molecule has 7 heteroatoms. The standard InChI is InChI=1S/C28H25N3O3S/c1-16-7-9-17(10-8-16)24(32)22-23(18-6-5-13-29-15-18)31(26(34)25(22)33)27-30-20-12-11-19(28(2,3)4)14-21(20)35-27/h5-15,23,32H,1-4H3/b24-22+. The van der Waals surface area contributed by atoms with Gasteiger partial charge in [0.1, 0.15) is 5.76 Å². The van der Waals surface area contributed by atoms with Crippen molar-refractivity contribution in [3.05, 3.63) is 94.8 Å². The van der Waals surface area contributed by atoms with Crippen molar-refractivity contribution in [2.45, 2.75) is 39.2 Å². The fourth-order valence-electron chi connectivity index (χ4n) is 4.23. The largest absolute Gasteiger partial charge is 0.507 e. The second kappa shape index (κ2) is 8.43. The number of ketones is 1. The second-order valence-electron chi connectivity index (χ2n) is 9.75. The van der Waals surface area contributed by atoms with E-state index in [1.807, 2.05) is 31.2 Å². The van der Waals surface area contributed by atoms with Crippen LogP contribution >= 0.6 is 11.3 Å². The van der Waals surface area contributed by atoms with Crippen LogP contribution in [0, 0.1) is 6.92 Å². The predicted octanol–water partition coefficient (Wildman–Crippen LogP) is 5.92. The molecule has 0 bridgehead atoms. The Hall–Kier alpha value is -3.84. The summed E-state index contributed by atoms with van der Waals surface area (Å²) in [6, 6.07) is 15.9. The number of anilines is 1. The van der Waals surface area contributed by atoms with E-state index in [0.29, 0.717) is 16.3 Å². The van der Waals surface area contributed by atoms with Gasteiger partial charge in [0, 0.05) is 18.0 Å². The van der Waals surface area contributed by atoms with E-state index in [2.05, 4.69) is 31.8 Å². The van der Waals surface area contributed by atoms with Crippen molar-refractivity contribution in [1.82, 2.24) is 9.97 Å². The first kappa shape index (κ1) is 22.9. The normalized spacial score (nSPS) is 17.9. The van der Waals surface area contributed by atoms with Crippen LogP contribution in [0.3, 0.4) is 0 Å². The van der Waals surface area contributed by atoms with Gasteiger partial charge in [-0.25, -0.2) is 4.98 Å². The first-order valence-corrected chi connectivity index (χ1v) is 12.2. The quantitative estimate of drug-likeness (QED) is 0.222. The lowest BCUT2D eigenvalue weighted by Gasteiger charge is -2.22. The number of hydrogen-bond acceptors (Lipinski definition) is 6. The number of aromatic nitrogens is 2. The molecule has 5 rings (SSSR count). The van der Waals surface area contributed by atoms with Gasteiger partial charge >= 0.3 is 5.91 Å². The zero-order valence-electron chi connectivity index (χ0n) is 19.9. The Balaban J connectivity index is 1.69. The fraction of sp³-hybridized carbons (Fsp3) is 0.214. The number of aliphatic hydroxyl groups is 1. The molecule has 0 saturated carbocycles. The highest BCUT2D eigenvalue weighted by Crippen LogP contribution is 2.44. The van der Waals surface area contributed by atoms with Gasteiger partial charge < -0.3 is 5.11 Å². The lowest BCUT2D eigenvalue weighted by molar-refractivity contribution is -0.132. The summed E-state index contributed by atoms with van der Waals surface area (Å²) in [5.74, 6) is -1.68. The third kappa shape index (κ3) is 4.02. The van der Waals surface area contributed by atoms with E-state index in [-0.39, 0.29) is 16.7 Å². The molecular formula is C28H25N3O3S. The summed E-state index contributed by atoms with van der Waals surface area (Å²) in [7, 11) is 0. The van der Waals surface area contributed by atoms with Crippen molar-refractivity contribution in [2.75, 3.05) is 4.90 Å². The minimum Gasteiger partial charge on any atom is -0.507 e. The van der Waals surface area contributed by atoms with Gasteiger partial charge in [0.15, 0.2) is 5.13 Å². The average Bonchev–Trinajstić information content (AvgIpc) is 3.37. The van der Waals surface area contributed by atoms with E-state index in [0.717, 1.165) is 21.3 Å². The van der Waals surface area contributed by atoms with Gasteiger partial charge in [-0.15, -0.1) is 0 Å². The summed E-state index contributed by atoms with van der Waals surface area (Å²) in [5, 5.41) is 11.6. The Kier molecular flexibility index (Phi) is 5.52. The van der Waals surface area contributed by atoms with Crippen LogP contribution in [-0.2, 0) is 15.0 Å². The average molecular weight is 484 g/mol. The summed E-state index contributed by atoms with van der Waals surface area (Å²) in [6.07, 6.45) is 3.23. The van der Waals surface area contributed by atoms with Crippen LogP contribution in [0.15, 0.2) is 72.6 Å². The number of carbonyl (C=O) groups is 2. The highest BCUT2D eigenvalue weighted by molar-refractivity contribution is 7.22. The number of Topliss-reactive ketones (excluding diaryl/α,β-unsaturated/α-hetero) is 1. The zero-order valence-corrected chi connectivity index (χ0v) is 20.8. The molecule has 1 aliphatic heterocycles. The lowest BCUT2D eigenvalue weighted by atomic mass is 9.87. The predicted molar refractivity (Wildman–Crippen MR) is 139 cm³/mol. The van der Waals surface area contributed by atoms with E-state index >= 15 is 0 Å². The molecule has 1 amide bonds. The van der Waals surface area contributed by atoms with Crippen molar-refractivity contribution < 1.29 is 14.7 Å². The molecular weight excluding hydrogens is 458 g/mol.